The second-order valence-corrected chi connectivity index (χ2v) is 3.00. The first-order chi connectivity index (χ1) is 7.11. The number of primary amides is 1. The zero-order valence-electron chi connectivity index (χ0n) is 8.06. The summed E-state index contributed by atoms with van der Waals surface area (Å²) in [5, 5.41) is 11.3. The highest BCUT2D eigenvalue weighted by atomic mass is 16.4. The molecule has 4 N–H and O–H groups in total. The third-order valence-electron chi connectivity index (χ3n) is 1.94. The van der Waals surface area contributed by atoms with Crippen molar-refractivity contribution in [1.29, 1.82) is 0 Å². The summed E-state index contributed by atoms with van der Waals surface area (Å²) in [6.45, 7) is 0.333. The molecule has 5 nitrogen and oxygen atoms in total. The topological polar surface area (TPSA) is 92.4 Å². The summed E-state index contributed by atoms with van der Waals surface area (Å²) in [5.74, 6) is -0.968. The van der Waals surface area contributed by atoms with Crippen molar-refractivity contribution in [1.82, 2.24) is 5.32 Å². The standard InChI is InChI=1S/C10H12N2O3/c11-10(15)12-6-5-7-3-1-2-4-8(7)9(13)14/h1-4H,5-6H2,(H,13,14)(H3,11,12,15). The molecule has 0 bridgehead atoms. The van der Waals surface area contributed by atoms with Crippen molar-refractivity contribution in [3.8, 4) is 0 Å². The van der Waals surface area contributed by atoms with E-state index in [1.54, 1.807) is 18.2 Å². The van der Waals surface area contributed by atoms with Crippen molar-refractivity contribution in [2.75, 3.05) is 6.54 Å². The van der Waals surface area contributed by atoms with Gasteiger partial charge in [-0.15, -0.1) is 0 Å². The lowest BCUT2D eigenvalue weighted by Crippen LogP contribution is -2.31. The Bertz CT molecular complexity index is 377. The lowest BCUT2D eigenvalue weighted by Gasteiger charge is -2.05. The Balaban J connectivity index is 2.67. The Morgan fingerprint density at radius 2 is 2.00 bits per heavy atom. The molecule has 0 saturated carbocycles. The number of nitrogens with two attached hydrogens (primary N) is 1. The van der Waals surface area contributed by atoms with Gasteiger partial charge in [-0.3, -0.25) is 0 Å². The fourth-order valence-corrected chi connectivity index (χ4v) is 1.27. The summed E-state index contributed by atoms with van der Waals surface area (Å²) in [5.41, 5.74) is 5.82. The van der Waals surface area contributed by atoms with Crippen LogP contribution in [-0.4, -0.2) is 23.7 Å². The monoisotopic (exact) mass is 208 g/mol. The summed E-state index contributed by atoms with van der Waals surface area (Å²) in [4.78, 5) is 21.2. The number of carboxylic acids is 1. The number of hydrogen-bond donors (Lipinski definition) is 3. The molecule has 0 unspecified atom stereocenters. The van der Waals surface area contributed by atoms with Gasteiger partial charge in [0.15, 0.2) is 0 Å². The van der Waals surface area contributed by atoms with Crippen LogP contribution in [0.5, 0.6) is 0 Å². The summed E-state index contributed by atoms with van der Waals surface area (Å²) in [6.07, 6.45) is 0.450. The summed E-state index contributed by atoms with van der Waals surface area (Å²) in [6, 6.07) is 6.05. The fourth-order valence-electron chi connectivity index (χ4n) is 1.27. The van der Waals surface area contributed by atoms with Gasteiger partial charge in [-0.05, 0) is 18.1 Å². The Labute approximate surface area is 86.9 Å². The quantitative estimate of drug-likeness (QED) is 0.676. The molecule has 0 atom stereocenters. The van der Waals surface area contributed by atoms with Gasteiger partial charge in [0.2, 0.25) is 0 Å². The minimum absolute atomic E-state index is 0.253. The van der Waals surface area contributed by atoms with Crippen molar-refractivity contribution in [3.63, 3.8) is 0 Å². The van der Waals surface area contributed by atoms with Crippen molar-refractivity contribution < 1.29 is 14.7 Å². The van der Waals surface area contributed by atoms with Crippen LogP contribution in [0.3, 0.4) is 0 Å². The molecule has 0 aliphatic carbocycles. The summed E-state index contributed by atoms with van der Waals surface area (Å²) >= 11 is 0. The lowest BCUT2D eigenvalue weighted by atomic mass is 10.0. The van der Waals surface area contributed by atoms with E-state index in [-0.39, 0.29) is 5.56 Å². The van der Waals surface area contributed by atoms with Crippen LogP contribution in [0.15, 0.2) is 24.3 Å². The molecule has 0 fully saturated rings. The number of urea groups is 1. The highest BCUT2D eigenvalue weighted by molar-refractivity contribution is 5.89. The third-order valence-corrected chi connectivity index (χ3v) is 1.94. The Morgan fingerprint density at radius 1 is 1.33 bits per heavy atom. The van der Waals surface area contributed by atoms with Crippen molar-refractivity contribution in [3.05, 3.63) is 35.4 Å². The van der Waals surface area contributed by atoms with Gasteiger partial charge in [0, 0.05) is 6.54 Å². The van der Waals surface area contributed by atoms with E-state index in [4.69, 9.17) is 10.8 Å². The number of rotatable bonds is 4. The molecule has 1 aromatic carbocycles. The minimum Gasteiger partial charge on any atom is -0.478 e. The molecule has 0 aliphatic heterocycles. The van der Waals surface area contributed by atoms with E-state index in [2.05, 4.69) is 5.32 Å². The van der Waals surface area contributed by atoms with Crippen molar-refractivity contribution in [2.24, 2.45) is 5.73 Å². The van der Waals surface area contributed by atoms with Gasteiger partial charge in [0.05, 0.1) is 5.56 Å². The van der Waals surface area contributed by atoms with Gasteiger partial charge in [0.1, 0.15) is 0 Å². The number of hydrogen-bond acceptors (Lipinski definition) is 2. The zero-order chi connectivity index (χ0) is 11.3. The normalized spacial score (nSPS) is 9.60. The number of carbonyl (C=O) groups is 2. The van der Waals surface area contributed by atoms with E-state index in [1.807, 2.05) is 0 Å². The minimum atomic E-state index is -0.968. The van der Waals surface area contributed by atoms with E-state index in [0.29, 0.717) is 18.5 Å². The first-order valence-electron chi connectivity index (χ1n) is 4.45. The van der Waals surface area contributed by atoms with E-state index >= 15 is 0 Å². The number of benzene rings is 1. The maximum Gasteiger partial charge on any atom is 0.335 e. The van der Waals surface area contributed by atoms with E-state index in [9.17, 15) is 9.59 Å². The average Bonchev–Trinajstić information content (AvgIpc) is 2.17. The first-order valence-corrected chi connectivity index (χ1v) is 4.45. The lowest BCUT2D eigenvalue weighted by molar-refractivity contribution is 0.0695. The second-order valence-electron chi connectivity index (χ2n) is 3.00. The van der Waals surface area contributed by atoms with E-state index in [0.717, 1.165) is 0 Å². The largest absolute Gasteiger partial charge is 0.478 e. The molecule has 1 aromatic rings. The number of carboxylic acid groups (broad SMARTS) is 1. The Hall–Kier alpha value is -2.04. The highest BCUT2D eigenvalue weighted by Crippen LogP contribution is 2.08. The molecule has 80 valence electrons. The molecule has 0 aliphatic rings. The predicted molar refractivity (Wildman–Crippen MR) is 54.7 cm³/mol. The molecule has 15 heavy (non-hydrogen) atoms. The van der Waals surface area contributed by atoms with Gasteiger partial charge >= 0.3 is 12.0 Å². The number of amides is 2. The Kier molecular flexibility index (Phi) is 3.68. The predicted octanol–water partition coefficient (Wildman–Crippen LogP) is 0.596. The Morgan fingerprint density at radius 3 is 2.60 bits per heavy atom. The second kappa shape index (κ2) is 4.99. The van der Waals surface area contributed by atoms with E-state index in [1.165, 1.54) is 6.07 Å². The smallest absolute Gasteiger partial charge is 0.335 e. The number of aromatic carboxylic acids is 1. The maximum atomic E-state index is 10.8. The van der Waals surface area contributed by atoms with Crippen LogP contribution < -0.4 is 11.1 Å². The maximum absolute atomic E-state index is 10.8. The van der Waals surface area contributed by atoms with Gasteiger partial charge in [-0.1, -0.05) is 18.2 Å². The van der Waals surface area contributed by atoms with Crippen molar-refractivity contribution >= 4 is 12.0 Å². The van der Waals surface area contributed by atoms with Crippen LogP contribution in [0.1, 0.15) is 15.9 Å². The molecule has 0 aromatic heterocycles. The van der Waals surface area contributed by atoms with Crippen molar-refractivity contribution in [2.45, 2.75) is 6.42 Å². The molecule has 0 spiro atoms. The van der Waals surface area contributed by atoms with Gasteiger partial charge in [0.25, 0.3) is 0 Å². The van der Waals surface area contributed by atoms with Crippen LogP contribution in [-0.2, 0) is 6.42 Å². The molecule has 0 radical (unpaired) electrons. The van der Waals surface area contributed by atoms with Crippen LogP contribution in [0.2, 0.25) is 0 Å². The number of nitrogens with one attached hydrogen (secondary N) is 1. The summed E-state index contributed by atoms with van der Waals surface area (Å²) in [7, 11) is 0. The van der Waals surface area contributed by atoms with Gasteiger partial charge in [-0.25, -0.2) is 9.59 Å². The molecular weight excluding hydrogens is 196 g/mol. The molecule has 5 heteroatoms. The first kappa shape index (κ1) is 11.0. The molecular formula is C10H12N2O3. The van der Waals surface area contributed by atoms with Gasteiger partial charge in [-0.2, -0.15) is 0 Å². The zero-order valence-corrected chi connectivity index (χ0v) is 8.06. The highest BCUT2D eigenvalue weighted by Gasteiger charge is 2.08. The number of carbonyl (C=O) groups excluding carboxylic acids is 1. The molecule has 1 rings (SSSR count). The molecule has 2 amide bonds. The van der Waals surface area contributed by atoms with Gasteiger partial charge < -0.3 is 16.2 Å². The summed E-state index contributed by atoms with van der Waals surface area (Å²) < 4.78 is 0. The van der Waals surface area contributed by atoms with Crippen LogP contribution in [0.4, 0.5) is 4.79 Å². The van der Waals surface area contributed by atoms with Crippen LogP contribution in [0.25, 0.3) is 0 Å². The third kappa shape index (κ3) is 3.30. The molecule has 0 heterocycles. The molecule has 0 saturated heterocycles. The SMILES string of the molecule is NC(=O)NCCc1ccccc1C(=O)O. The van der Waals surface area contributed by atoms with E-state index < -0.39 is 12.0 Å². The van der Waals surface area contributed by atoms with Crippen LogP contribution >= 0.6 is 0 Å². The fraction of sp³-hybridized carbons (Fsp3) is 0.200. The van der Waals surface area contributed by atoms with Crippen LogP contribution in [0, 0.1) is 0 Å². The average molecular weight is 208 g/mol.